The Morgan fingerprint density at radius 3 is 2.59 bits per heavy atom. The lowest BCUT2D eigenvalue weighted by atomic mass is 9.73. The molecule has 1 unspecified atom stereocenters. The summed E-state index contributed by atoms with van der Waals surface area (Å²) in [5.41, 5.74) is 2.90. The van der Waals surface area contributed by atoms with Crippen LogP contribution in [0.15, 0.2) is 24.3 Å². The molecule has 1 aromatic carbocycles. The van der Waals surface area contributed by atoms with Gasteiger partial charge in [-0.3, -0.25) is 0 Å². The number of nitrogens with one attached hydrogen (secondary N) is 1. The molecule has 1 aliphatic heterocycles. The predicted molar refractivity (Wildman–Crippen MR) is 73.2 cm³/mol. The molecule has 17 heavy (non-hydrogen) atoms. The van der Waals surface area contributed by atoms with E-state index in [0.29, 0.717) is 0 Å². The monoisotopic (exact) mass is 229 g/mol. The highest BCUT2D eigenvalue weighted by Crippen LogP contribution is 2.37. The number of benzene rings is 1. The zero-order chi connectivity index (χ0) is 11.7. The number of hydrogen-bond donors (Lipinski definition) is 1. The fourth-order valence-corrected chi connectivity index (χ4v) is 3.56. The fourth-order valence-electron chi connectivity index (χ4n) is 3.56. The number of hydrogen-bond acceptors (Lipinski definition) is 1. The normalized spacial score (nSPS) is 32.6. The van der Waals surface area contributed by atoms with Gasteiger partial charge in [0.05, 0.1) is 0 Å². The van der Waals surface area contributed by atoms with E-state index in [-0.39, 0.29) is 0 Å². The summed E-state index contributed by atoms with van der Waals surface area (Å²) in [7, 11) is 0. The van der Waals surface area contributed by atoms with Crippen molar-refractivity contribution in [3.8, 4) is 0 Å². The molecule has 1 fully saturated rings. The predicted octanol–water partition coefficient (Wildman–Crippen LogP) is 4.10. The molecule has 1 heteroatoms. The zero-order valence-corrected chi connectivity index (χ0v) is 10.8. The lowest BCUT2D eigenvalue weighted by Gasteiger charge is -2.36. The highest BCUT2D eigenvalue weighted by Gasteiger charge is 2.28. The topological polar surface area (TPSA) is 12.0 Å². The quantitative estimate of drug-likeness (QED) is 0.764. The van der Waals surface area contributed by atoms with Crippen molar-refractivity contribution in [1.29, 1.82) is 0 Å². The molecule has 1 nitrogen and oxygen atoms in total. The Balaban J connectivity index is 1.68. The summed E-state index contributed by atoms with van der Waals surface area (Å²) in [6.45, 7) is 3.60. The van der Waals surface area contributed by atoms with Gasteiger partial charge in [-0.1, -0.05) is 38.0 Å². The van der Waals surface area contributed by atoms with Crippen LogP contribution >= 0.6 is 0 Å². The van der Waals surface area contributed by atoms with Crippen molar-refractivity contribution >= 4 is 5.69 Å². The summed E-state index contributed by atoms with van der Waals surface area (Å²) in [5, 5.41) is 3.62. The van der Waals surface area contributed by atoms with E-state index in [2.05, 4.69) is 36.5 Å². The molecule has 1 N–H and O–H groups in total. The number of fused-ring (bicyclic) bond motifs is 1. The third-order valence-corrected chi connectivity index (χ3v) is 4.78. The van der Waals surface area contributed by atoms with E-state index < -0.39 is 0 Å². The molecule has 0 bridgehead atoms. The van der Waals surface area contributed by atoms with Crippen LogP contribution in [0.25, 0.3) is 0 Å². The van der Waals surface area contributed by atoms with Gasteiger partial charge in [-0.05, 0) is 48.6 Å². The zero-order valence-electron chi connectivity index (χ0n) is 10.8. The van der Waals surface area contributed by atoms with E-state index in [9.17, 15) is 0 Å². The average Bonchev–Trinajstić information content (AvgIpc) is 2.39. The summed E-state index contributed by atoms with van der Waals surface area (Å²) in [6, 6.07) is 8.81. The van der Waals surface area contributed by atoms with E-state index >= 15 is 0 Å². The van der Waals surface area contributed by atoms with Crippen LogP contribution in [0.2, 0.25) is 0 Å². The smallest absolute Gasteiger partial charge is 0.0372 e. The number of rotatable bonds is 1. The van der Waals surface area contributed by atoms with Gasteiger partial charge in [-0.15, -0.1) is 0 Å². The van der Waals surface area contributed by atoms with Gasteiger partial charge in [-0.25, -0.2) is 0 Å². The van der Waals surface area contributed by atoms with Crippen molar-refractivity contribution in [1.82, 2.24) is 0 Å². The van der Waals surface area contributed by atoms with Crippen molar-refractivity contribution < 1.29 is 0 Å². The van der Waals surface area contributed by atoms with Gasteiger partial charge in [0.25, 0.3) is 0 Å². The number of anilines is 1. The lowest BCUT2D eigenvalue weighted by Crippen LogP contribution is -2.31. The Labute approximate surface area is 105 Å². The molecule has 1 saturated carbocycles. The first kappa shape index (κ1) is 11.1. The van der Waals surface area contributed by atoms with Crippen LogP contribution in [0.5, 0.6) is 0 Å². The Morgan fingerprint density at radius 1 is 1.00 bits per heavy atom. The van der Waals surface area contributed by atoms with Gasteiger partial charge >= 0.3 is 0 Å². The largest absolute Gasteiger partial charge is 0.385 e. The van der Waals surface area contributed by atoms with E-state index in [1.54, 1.807) is 0 Å². The van der Waals surface area contributed by atoms with Gasteiger partial charge in [0.2, 0.25) is 0 Å². The minimum atomic E-state index is 0.873. The molecular formula is C16H23N. The Morgan fingerprint density at radius 2 is 1.76 bits per heavy atom. The molecule has 2 aliphatic rings. The Kier molecular flexibility index (Phi) is 3.09. The summed E-state index contributed by atoms with van der Waals surface area (Å²) in [4.78, 5) is 0. The average molecular weight is 229 g/mol. The van der Waals surface area contributed by atoms with Crippen LogP contribution in [-0.4, -0.2) is 6.54 Å². The van der Waals surface area contributed by atoms with Gasteiger partial charge in [-0.2, -0.15) is 0 Å². The molecule has 1 atom stereocenters. The SMILES string of the molecule is CC1CCC(C2CNc3ccccc3C2)CC1. The van der Waals surface area contributed by atoms with Gasteiger partial charge in [0.15, 0.2) is 0 Å². The van der Waals surface area contributed by atoms with Crippen LogP contribution < -0.4 is 5.32 Å². The summed E-state index contributed by atoms with van der Waals surface area (Å²) < 4.78 is 0. The molecule has 0 radical (unpaired) electrons. The molecule has 0 aromatic heterocycles. The second-order valence-electron chi connectivity index (χ2n) is 6.02. The fraction of sp³-hybridized carbons (Fsp3) is 0.625. The van der Waals surface area contributed by atoms with Crippen LogP contribution in [0, 0.1) is 17.8 Å². The van der Waals surface area contributed by atoms with Crippen LogP contribution in [0.3, 0.4) is 0 Å². The molecule has 92 valence electrons. The Bertz CT molecular complexity index is 377. The van der Waals surface area contributed by atoms with Gasteiger partial charge in [0.1, 0.15) is 0 Å². The summed E-state index contributed by atoms with van der Waals surface area (Å²) >= 11 is 0. The molecule has 0 spiro atoms. The maximum absolute atomic E-state index is 3.62. The second kappa shape index (κ2) is 4.72. The van der Waals surface area contributed by atoms with Crippen LogP contribution in [-0.2, 0) is 6.42 Å². The summed E-state index contributed by atoms with van der Waals surface area (Å²) in [5.74, 6) is 2.81. The lowest BCUT2D eigenvalue weighted by molar-refractivity contribution is 0.215. The second-order valence-corrected chi connectivity index (χ2v) is 6.02. The van der Waals surface area contributed by atoms with Crippen molar-refractivity contribution in [2.75, 3.05) is 11.9 Å². The van der Waals surface area contributed by atoms with Crippen LogP contribution in [0.1, 0.15) is 38.2 Å². The van der Waals surface area contributed by atoms with Crippen LogP contribution in [0.4, 0.5) is 5.69 Å². The molecule has 3 rings (SSSR count). The first-order valence-corrected chi connectivity index (χ1v) is 7.14. The number of para-hydroxylation sites is 1. The minimum absolute atomic E-state index is 0.873. The van der Waals surface area contributed by atoms with Crippen molar-refractivity contribution in [3.05, 3.63) is 29.8 Å². The van der Waals surface area contributed by atoms with Gasteiger partial charge in [0, 0.05) is 12.2 Å². The highest BCUT2D eigenvalue weighted by molar-refractivity contribution is 5.53. The molecular weight excluding hydrogens is 206 g/mol. The highest BCUT2D eigenvalue weighted by atomic mass is 14.9. The molecule has 0 saturated heterocycles. The van der Waals surface area contributed by atoms with Crippen molar-refractivity contribution in [2.24, 2.45) is 17.8 Å². The van der Waals surface area contributed by atoms with E-state index in [1.165, 1.54) is 49.9 Å². The molecule has 1 aromatic rings. The van der Waals surface area contributed by atoms with Crippen molar-refractivity contribution in [3.63, 3.8) is 0 Å². The maximum atomic E-state index is 3.62. The maximum Gasteiger partial charge on any atom is 0.0372 e. The third kappa shape index (κ3) is 2.34. The van der Waals surface area contributed by atoms with Crippen molar-refractivity contribution in [2.45, 2.75) is 39.0 Å². The van der Waals surface area contributed by atoms with E-state index in [4.69, 9.17) is 0 Å². The first-order valence-electron chi connectivity index (χ1n) is 7.14. The standard InChI is InChI=1S/C16H23N/c1-12-6-8-13(9-7-12)15-10-14-4-2-3-5-16(14)17-11-15/h2-5,12-13,15,17H,6-11H2,1H3. The molecule has 1 aliphatic carbocycles. The summed E-state index contributed by atoms with van der Waals surface area (Å²) in [6.07, 6.45) is 7.10. The molecule has 0 amide bonds. The molecule has 1 heterocycles. The van der Waals surface area contributed by atoms with E-state index in [1.807, 2.05) is 0 Å². The Hall–Kier alpha value is -0.980. The first-order chi connectivity index (χ1) is 8.33. The van der Waals surface area contributed by atoms with E-state index in [0.717, 1.165) is 17.8 Å². The van der Waals surface area contributed by atoms with Gasteiger partial charge < -0.3 is 5.32 Å². The third-order valence-electron chi connectivity index (χ3n) is 4.78. The minimum Gasteiger partial charge on any atom is -0.385 e.